The maximum absolute atomic E-state index is 5.97. The summed E-state index contributed by atoms with van der Waals surface area (Å²) in [7, 11) is 0. The predicted octanol–water partition coefficient (Wildman–Crippen LogP) is 4.45. The van der Waals surface area contributed by atoms with Crippen molar-refractivity contribution in [3.8, 4) is 0 Å². The first-order valence-electron chi connectivity index (χ1n) is 2.85. The minimum atomic E-state index is -5.37. The normalized spacial score (nSPS) is 13.7. The predicted molar refractivity (Wildman–Crippen MR) is 78.7 cm³/mol. The molecule has 0 aliphatic rings. The Balaban J connectivity index is 6.67. The van der Waals surface area contributed by atoms with E-state index < -0.39 is 5.25 Å². The van der Waals surface area contributed by atoms with E-state index in [2.05, 4.69) is 67.9 Å². The zero-order chi connectivity index (χ0) is 12.1. The third-order valence-electron chi connectivity index (χ3n) is 1.00. The first-order chi connectivity index (χ1) is 6.80. The van der Waals surface area contributed by atoms with Gasteiger partial charge in [-0.3, -0.25) is 0 Å². The van der Waals surface area contributed by atoms with Crippen LogP contribution in [0.25, 0.3) is 0 Å². The third kappa shape index (κ3) is 3.61. The average molecular weight is 334 g/mol. The second-order valence-electron chi connectivity index (χ2n) is 1.97. The van der Waals surface area contributed by atoms with Crippen LogP contribution < -0.4 is 0 Å². The Kier molecular flexibility index (Phi) is 4.67. The Morgan fingerprint density at radius 2 is 0.867 bits per heavy atom. The van der Waals surface area contributed by atoms with Crippen LogP contribution in [0.4, 0.5) is 0 Å². The summed E-state index contributed by atoms with van der Waals surface area (Å²) >= 11 is 29.4. The van der Waals surface area contributed by atoms with Gasteiger partial charge in [0.2, 0.25) is 0 Å². The van der Waals surface area contributed by atoms with Crippen LogP contribution in [0.1, 0.15) is 0 Å². The van der Waals surface area contributed by atoms with Gasteiger partial charge in [-0.15, -0.1) is 0 Å². The van der Waals surface area contributed by atoms with Gasteiger partial charge in [0, 0.05) is 0 Å². The van der Waals surface area contributed by atoms with Crippen LogP contribution in [0.2, 0.25) is 0 Å². The van der Waals surface area contributed by atoms with E-state index in [4.69, 9.17) is 22.5 Å². The molecule has 0 saturated carbocycles. The Labute approximate surface area is 116 Å². The standard InChI is InChI=1S/C4Cl2N4PS4/c5-11(6,7-1-12,8-2-13,9-3-14)10-4-15/q-1. The number of halogens is 2. The molecular formula is C4Cl2N4PS4-. The van der Waals surface area contributed by atoms with Crippen molar-refractivity contribution in [1.29, 1.82) is 0 Å². The van der Waals surface area contributed by atoms with Gasteiger partial charge in [-0.1, -0.05) is 0 Å². The average Bonchev–Trinajstić information content (AvgIpc) is 2.04. The molecule has 0 aromatic rings. The molecule has 11 heteroatoms. The van der Waals surface area contributed by atoms with Gasteiger partial charge in [0.25, 0.3) is 0 Å². The van der Waals surface area contributed by atoms with E-state index in [0.29, 0.717) is 0 Å². The Hall–Kier alpha value is 0.210. The maximum atomic E-state index is 5.97. The van der Waals surface area contributed by atoms with E-state index in [1.54, 1.807) is 0 Å². The van der Waals surface area contributed by atoms with Crippen molar-refractivity contribution in [2.45, 2.75) is 0 Å². The molecule has 0 aromatic heterocycles. The van der Waals surface area contributed by atoms with Crippen molar-refractivity contribution in [2.75, 3.05) is 0 Å². The SMILES string of the molecule is S=C=N[P-](Cl)(Cl)(N=C=S)(N=C=S)N=C=S. The molecule has 80 valence electrons. The van der Waals surface area contributed by atoms with Crippen molar-refractivity contribution < 1.29 is 0 Å². The molecule has 0 atom stereocenters. The molecule has 0 aromatic carbocycles. The van der Waals surface area contributed by atoms with Crippen LogP contribution in [-0.4, -0.2) is 20.6 Å². The summed E-state index contributed by atoms with van der Waals surface area (Å²) in [6, 6.07) is 0. The van der Waals surface area contributed by atoms with Gasteiger partial charge >= 0.3 is 116 Å². The summed E-state index contributed by atoms with van der Waals surface area (Å²) in [5.74, 6) is 0. The number of nitrogens with zero attached hydrogens (tertiary/aromatic N) is 4. The zero-order valence-electron chi connectivity index (χ0n) is 6.62. The van der Waals surface area contributed by atoms with Gasteiger partial charge in [-0.05, 0) is 0 Å². The molecule has 0 aliphatic heterocycles. The topological polar surface area (TPSA) is 49.4 Å². The molecule has 0 unspecified atom stereocenters. The summed E-state index contributed by atoms with van der Waals surface area (Å²) in [5, 5.41) is 2.27. The summed E-state index contributed by atoms with van der Waals surface area (Å²) in [5.41, 5.74) is 0. The van der Waals surface area contributed by atoms with E-state index in [1.807, 2.05) is 20.6 Å². The van der Waals surface area contributed by atoms with Gasteiger partial charge in [-0.25, -0.2) is 0 Å². The van der Waals surface area contributed by atoms with Crippen LogP contribution in [0.3, 0.4) is 0 Å². The van der Waals surface area contributed by atoms with Gasteiger partial charge in [-0.2, -0.15) is 0 Å². The fraction of sp³-hybridized carbons (Fsp3) is 0. The third-order valence-corrected chi connectivity index (χ3v) is 5.80. The van der Waals surface area contributed by atoms with E-state index in [0.717, 1.165) is 0 Å². The van der Waals surface area contributed by atoms with Crippen molar-refractivity contribution in [3.63, 3.8) is 0 Å². The van der Waals surface area contributed by atoms with E-state index in [9.17, 15) is 0 Å². The molecule has 0 N–H and O–H groups in total. The summed E-state index contributed by atoms with van der Waals surface area (Å²) in [6.07, 6.45) is 0. The fourth-order valence-electron chi connectivity index (χ4n) is 0.477. The second kappa shape index (κ2) is 4.60. The number of thiocarbonyl (C=S) groups is 4. The van der Waals surface area contributed by atoms with Gasteiger partial charge in [0.15, 0.2) is 0 Å². The van der Waals surface area contributed by atoms with E-state index in [1.165, 1.54) is 0 Å². The van der Waals surface area contributed by atoms with Crippen molar-refractivity contribution in [2.24, 2.45) is 19.1 Å². The van der Waals surface area contributed by atoms with E-state index in [-0.39, 0.29) is 0 Å². The minimum absolute atomic E-state index is 1.91. The van der Waals surface area contributed by atoms with Crippen LogP contribution in [-0.2, 0) is 0 Å². The summed E-state index contributed by atoms with van der Waals surface area (Å²) in [4.78, 5) is 0. The number of isothiocyanates is 4. The number of hydrogen-bond acceptors (Lipinski definition) is 8. The van der Waals surface area contributed by atoms with Crippen molar-refractivity contribution in [1.82, 2.24) is 0 Å². The molecule has 0 amide bonds. The van der Waals surface area contributed by atoms with Crippen LogP contribution in [0, 0.1) is 0 Å². The monoisotopic (exact) mass is 333 g/mol. The van der Waals surface area contributed by atoms with Gasteiger partial charge < -0.3 is 0 Å². The first-order valence-corrected chi connectivity index (χ1v) is 8.79. The molecule has 0 bridgehead atoms. The molecular weight excluding hydrogens is 334 g/mol. The molecule has 15 heavy (non-hydrogen) atoms. The Morgan fingerprint density at radius 3 is 1.00 bits per heavy atom. The molecule has 0 saturated heterocycles. The molecule has 0 rings (SSSR count). The van der Waals surface area contributed by atoms with Crippen LogP contribution >= 0.6 is 76.6 Å². The fourth-order valence-corrected chi connectivity index (χ4v) is 5.71. The first kappa shape index (κ1) is 15.2. The Morgan fingerprint density at radius 1 is 0.667 bits per heavy atom. The molecule has 0 fully saturated rings. The summed E-state index contributed by atoms with van der Waals surface area (Å²) < 4.78 is 13.7. The van der Waals surface area contributed by atoms with Crippen LogP contribution in [0.5, 0.6) is 0 Å². The molecule has 4 nitrogen and oxygen atoms in total. The van der Waals surface area contributed by atoms with Crippen molar-refractivity contribution >= 4 is 97.3 Å². The van der Waals surface area contributed by atoms with Crippen LogP contribution in [0.15, 0.2) is 19.1 Å². The second-order valence-corrected chi connectivity index (χ2v) is 11.1. The van der Waals surface area contributed by atoms with E-state index >= 15 is 0 Å². The quantitative estimate of drug-likeness (QED) is 0.433. The number of hydrogen-bond donors (Lipinski definition) is 0. The molecule has 0 aliphatic carbocycles. The summed E-state index contributed by atoms with van der Waals surface area (Å²) in [6.45, 7) is 0. The molecule has 0 spiro atoms. The Bertz CT molecular complexity index is 411. The van der Waals surface area contributed by atoms with Crippen molar-refractivity contribution in [3.05, 3.63) is 0 Å². The zero-order valence-corrected chi connectivity index (χ0v) is 12.3. The number of rotatable bonds is 4. The molecule has 0 radical (unpaired) electrons. The molecule has 0 heterocycles. The van der Waals surface area contributed by atoms with Gasteiger partial charge in [0.05, 0.1) is 0 Å². The van der Waals surface area contributed by atoms with Gasteiger partial charge in [0.1, 0.15) is 0 Å².